The number of pyridine rings is 1. The summed E-state index contributed by atoms with van der Waals surface area (Å²) < 4.78 is 1.93. The minimum absolute atomic E-state index is 0.110. The van der Waals surface area contributed by atoms with Gasteiger partial charge in [-0.2, -0.15) is 11.8 Å². The monoisotopic (exact) mass is 365 g/mol. The first kappa shape index (κ1) is 16.7. The van der Waals surface area contributed by atoms with Crippen molar-refractivity contribution in [1.29, 1.82) is 0 Å². The molecule has 0 fully saturated rings. The highest BCUT2D eigenvalue weighted by molar-refractivity contribution is 7.98. The molecule has 3 heterocycles. The molecular weight excluding hydrogens is 346 g/mol. The Balaban J connectivity index is 1.66. The van der Waals surface area contributed by atoms with Crippen molar-refractivity contribution in [3.8, 4) is 0 Å². The number of para-hydroxylation sites is 1. The van der Waals surface area contributed by atoms with Gasteiger partial charge in [-0.15, -0.1) is 10.2 Å². The van der Waals surface area contributed by atoms with Gasteiger partial charge in [0.25, 0.3) is 5.91 Å². The van der Waals surface area contributed by atoms with E-state index in [0.29, 0.717) is 5.56 Å². The second kappa shape index (κ2) is 7.21. The van der Waals surface area contributed by atoms with Crippen LogP contribution in [-0.2, 0) is 0 Å². The van der Waals surface area contributed by atoms with Gasteiger partial charge in [0.2, 0.25) is 0 Å². The van der Waals surface area contributed by atoms with Crippen molar-refractivity contribution in [3.63, 3.8) is 0 Å². The van der Waals surface area contributed by atoms with Crippen molar-refractivity contribution in [2.75, 3.05) is 12.0 Å². The van der Waals surface area contributed by atoms with Gasteiger partial charge in [-0.3, -0.25) is 9.20 Å². The molecule has 1 amide bonds. The minimum atomic E-state index is -0.207. The van der Waals surface area contributed by atoms with E-state index in [0.717, 1.165) is 34.5 Å². The summed E-state index contributed by atoms with van der Waals surface area (Å²) in [5.74, 6) is 1.56. The number of aromatic amines is 1. The number of carbonyl (C=O) groups excluding carboxylic acids is 1. The van der Waals surface area contributed by atoms with Crippen LogP contribution in [0.25, 0.3) is 16.6 Å². The van der Waals surface area contributed by atoms with E-state index in [4.69, 9.17) is 0 Å². The molecule has 4 rings (SSSR count). The van der Waals surface area contributed by atoms with E-state index in [2.05, 4.69) is 26.8 Å². The van der Waals surface area contributed by atoms with Crippen LogP contribution < -0.4 is 5.32 Å². The summed E-state index contributed by atoms with van der Waals surface area (Å²) in [5.41, 5.74) is 2.37. The molecule has 0 spiro atoms. The zero-order valence-electron chi connectivity index (χ0n) is 14.3. The molecule has 1 atom stereocenters. The van der Waals surface area contributed by atoms with Crippen LogP contribution in [0.15, 0.2) is 54.9 Å². The maximum Gasteiger partial charge on any atom is 0.254 e. The van der Waals surface area contributed by atoms with Crippen LogP contribution in [0.2, 0.25) is 0 Å². The highest BCUT2D eigenvalue weighted by Gasteiger charge is 2.22. The number of nitrogens with one attached hydrogen (secondary N) is 2. The Kier molecular flexibility index (Phi) is 4.62. The third-order valence-electron chi connectivity index (χ3n) is 4.40. The van der Waals surface area contributed by atoms with Crippen LogP contribution in [0.1, 0.15) is 28.6 Å². The van der Waals surface area contributed by atoms with E-state index >= 15 is 0 Å². The smallest absolute Gasteiger partial charge is 0.254 e. The second-order valence-corrected chi connectivity index (χ2v) is 7.03. The molecule has 0 radical (unpaired) electrons. The Hall–Kier alpha value is -2.80. The molecule has 2 N–H and O–H groups in total. The Labute approximate surface area is 155 Å². The largest absolute Gasteiger partial charge is 0.360 e. The Morgan fingerprint density at radius 1 is 1.23 bits per heavy atom. The molecule has 132 valence electrons. The highest BCUT2D eigenvalue weighted by Crippen LogP contribution is 2.22. The zero-order valence-corrected chi connectivity index (χ0v) is 15.2. The maximum absolute atomic E-state index is 12.9. The molecule has 7 heteroatoms. The van der Waals surface area contributed by atoms with Gasteiger partial charge >= 0.3 is 0 Å². The van der Waals surface area contributed by atoms with Crippen molar-refractivity contribution in [1.82, 2.24) is 24.9 Å². The molecule has 0 saturated carbocycles. The molecule has 0 bridgehead atoms. The number of aromatic nitrogens is 4. The van der Waals surface area contributed by atoms with Gasteiger partial charge in [-0.05, 0) is 36.6 Å². The summed E-state index contributed by atoms with van der Waals surface area (Å²) in [7, 11) is 0. The molecule has 0 aliphatic rings. The number of hydrogen-bond donors (Lipinski definition) is 2. The van der Waals surface area contributed by atoms with E-state index in [-0.39, 0.29) is 11.9 Å². The molecule has 6 nitrogen and oxygen atoms in total. The predicted octanol–water partition coefficient (Wildman–Crippen LogP) is 3.43. The zero-order chi connectivity index (χ0) is 17.9. The summed E-state index contributed by atoms with van der Waals surface area (Å²) in [6.07, 6.45) is 6.52. The fourth-order valence-corrected chi connectivity index (χ4v) is 3.57. The van der Waals surface area contributed by atoms with Gasteiger partial charge in [0.05, 0.1) is 11.6 Å². The first-order valence-corrected chi connectivity index (χ1v) is 9.83. The number of hydrogen-bond acceptors (Lipinski definition) is 4. The Morgan fingerprint density at radius 2 is 2.08 bits per heavy atom. The van der Waals surface area contributed by atoms with Crippen LogP contribution in [0, 0.1) is 0 Å². The lowest BCUT2D eigenvalue weighted by Crippen LogP contribution is -2.30. The summed E-state index contributed by atoms with van der Waals surface area (Å²) in [6, 6.07) is 13.4. The molecule has 0 saturated heterocycles. The van der Waals surface area contributed by atoms with E-state index in [1.54, 1.807) is 18.0 Å². The van der Waals surface area contributed by atoms with Crippen molar-refractivity contribution >= 4 is 34.2 Å². The number of amides is 1. The van der Waals surface area contributed by atoms with E-state index in [9.17, 15) is 4.79 Å². The molecule has 4 aromatic rings. The third kappa shape index (κ3) is 3.06. The first-order chi connectivity index (χ1) is 12.8. The second-order valence-electron chi connectivity index (χ2n) is 6.04. The van der Waals surface area contributed by atoms with E-state index < -0.39 is 0 Å². The number of thioether (sulfide) groups is 1. The lowest BCUT2D eigenvalue weighted by atomic mass is 10.1. The summed E-state index contributed by atoms with van der Waals surface area (Å²) in [6.45, 7) is 0. The summed E-state index contributed by atoms with van der Waals surface area (Å²) >= 11 is 1.74. The van der Waals surface area contributed by atoms with Crippen LogP contribution in [0.3, 0.4) is 0 Å². The lowest BCUT2D eigenvalue weighted by molar-refractivity contribution is 0.0935. The number of fused-ring (bicyclic) bond motifs is 2. The molecular formula is C19H19N5OS. The number of carbonyl (C=O) groups is 1. The van der Waals surface area contributed by atoms with Crippen LogP contribution in [0.5, 0.6) is 0 Å². The minimum Gasteiger partial charge on any atom is -0.360 e. The van der Waals surface area contributed by atoms with Crippen LogP contribution >= 0.6 is 11.8 Å². The van der Waals surface area contributed by atoms with Crippen molar-refractivity contribution in [2.24, 2.45) is 0 Å². The van der Waals surface area contributed by atoms with Crippen molar-refractivity contribution < 1.29 is 4.79 Å². The molecule has 0 unspecified atom stereocenters. The summed E-state index contributed by atoms with van der Waals surface area (Å²) in [5, 5.41) is 12.6. The highest BCUT2D eigenvalue weighted by atomic mass is 32.2. The van der Waals surface area contributed by atoms with Crippen LogP contribution in [0.4, 0.5) is 0 Å². The van der Waals surface area contributed by atoms with E-state index in [1.165, 1.54) is 0 Å². The Morgan fingerprint density at radius 3 is 2.96 bits per heavy atom. The van der Waals surface area contributed by atoms with Gasteiger partial charge < -0.3 is 10.3 Å². The van der Waals surface area contributed by atoms with Crippen molar-refractivity contribution in [3.05, 3.63) is 66.2 Å². The van der Waals surface area contributed by atoms with Gasteiger partial charge in [-0.25, -0.2) is 0 Å². The predicted molar refractivity (Wildman–Crippen MR) is 104 cm³/mol. The van der Waals surface area contributed by atoms with Crippen LogP contribution in [-0.4, -0.2) is 37.5 Å². The average molecular weight is 365 g/mol. The standard InChI is InChI=1S/C19H19N5OS/c1-26-11-9-16(18-23-22-17-8-4-5-10-24(17)18)21-19(25)14-12-20-15-7-3-2-6-13(14)15/h2-8,10,12,16,20H,9,11H2,1H3,(H,21,25)/t16-/m1/s1. The lowest BCUT2D eigenvalue weighted by Gasteiger charge is -2.17. The fraction of sp³-hybridized carbons (Fsp3) is 0.211. The summed E-state index contributed by atoms with van der Waals surface area (Å²) in [4.78, 5) is 16.1. The molecule has 0 aliphatic heterocycles. The number of nitrogens with zero attached hydrogens (tertiary/aromatic N) is 3. The van der Waals surface area contributed by atoms with Gasteiger partial charge in [0.1, 0.15) is 0 Å². The quantitative estimate of drug-likeness (QED) is 0.549. The normalized spacial score (nSPS) is 12.5. The first-order valence-electron chi connectivity index (χ1n) is 8.43. The number of benzene rings is 1. The maximum atomic E-state index is 12.9. The molecule has 0 aliphatic carbocycles. The van der Waals surface area contributed by atoms with Crippen molar-refractivity contribution in [2.45, 2.75) is 12.5 Å². The van der Waals surface area contributed by atoms with E-state index in [1.807, 2.05) is 53.1 Å². The number of H-pyrrole nitrogens is 1. The third-order valence-corrected chi connectivity index (χ3v) is 5.05. The average Bonchev–Trinajstić information content (AvgIpc) is 3.29. The molecule has 1 aromatic carbocycles. The fourth-order valence-electron chi connectivity index (χ4n) is 3.09. The van der Waals surface area contributed by atoms with Gasteiger partial charge in [0.15, 0.2) is 11.5 Å². The molecule has 3 aromatic heterocycles. The SMILES string of the molecule is CSCC[C@@H](NC(=O)c1c[nH]c2ccccc12)c1nnc2ccccn12. The van der Waals surface area contributed by atoms with Gasteiger partial charge in [-0.1, -0.05) is 24.3 Å². The molecule has 26 heavy (non-hydrogen) atoms. The van der Waals surface area contributed by atoms with Gasteiger partial charge in [0, 0.05) is 23.3 Å². The number of rotatable bonds is 6. The Bertz CT molecular complexity index is 1050. The topological polar surface area (TPSA) is 75.1 Å².